The minimum Gasteiger partial charge on any atom is -0.380 e. The first-order valence-corrected chi connectivity index (χ1v) is 5.95. The molecule has 0 aliphatic heterocycles. The Kier molecular flexibility index (Phi) is 4.07. The summed E-state index contributed by atoms with van der Waals surface area (Å²) in [6, 6.07) is 10.6. The summed E-state index contributed by atoms with van der Waals surface area (Å²) in [5.41, 5.74) is 2.27. The normalized spacial score (nSPS) is 12.8. The van der Waals surface area contributed by atoms with Crippen LogP contribution in [0.25, 0.3) is 10.9 Å². The molecule has 0 radical (unpaired) electrons. The third-order valence-electron chi connectivity index (χ3n) is 2.87. The van der Waals surface area contributed by atoms with Gasteiger partial charge in [0.2, 0.25) is 0 Å². The van der Waals surface area contributed by atoms with Gasteiger partial charge < -0.3 is 10.1 Å². The Bertz CT molecular complexity index is 484. The number of benzene rings is 1. The summed E-state index contributed by atoms with van der Waals surface area (Å²) in [7, 11) is 1.96. The van der Waals surface area contributed by atoms with Crippen LogP contribution < -0.4 is 5.32 Å². The monoisotopic (exact) mass is 230 g/mol. The van der Waals surface area contributed by atoms with Gasteiger partial charge in [0.15, 0.2) is 0 Å². The van der Waals surface area contributed by atoms with Gasteiger partial charge in [-0.05, 0) is 37.7 Å². The molecule has 0 saturated carbocycles. The zero-order valence-electron chi connectivity index (χ0n) is 10.3. The summed E-state index contributed by atoms with van der Waals surface area (Å²) < 4.78 is 5.47. The molecule has 17 heavy (non-hydrogen) atoms. The van der Waals surface area contributed by atoms with Crippen molar-refractivity contribution >= 4 is 10.9 Å². The summed E-state index contributed by atoms with van der Waals surface area (Å²) in [5.74, 6) is 0. The quantitative estimate of drug-likeness (QED) is 0.857. The number of nitrogens with one attached hydrogen (secondary N) is 1. The maximum absolute atomic E-state index is 5.47. The van der Waals surface area contributed by atoms with Crippen LogP contribution in [0.15, 0.2) is 36.5 Å². The number of hydrogen-bond acceptors (Lipinski definition) is 3. The molecule has 0 aliphatic rings. The summed E-state index contributed by atoms with van der Waals surface area (Å²) in [6.07, 6.45) is 1.82. The van der Waals surface area contributed by atoms with Crippen LogP contribution in [-0.2, 0) is 4.74 Å². The topological polar surface area (TPSA) is 34.1 Å². The summed E-state index contributed by atoms with van der Waals surface area (Å²) in [6.45, 7) is 3.45. The van der Waals surface area contributed by atoms with Crippen LogP contribution in [0.1, 0.15) is 18.5 Å². The van der Waals surface area contributed by atoms with Gasteiger partial charge in [-0.3, -0.25) is 4.98 Å². The fourth-order valence-corrected chi connectivity index (χ4v) is 1.89. The van der Waals surface area contributed by atoms with Crippen molar-refractivity contribution in [1.29, 1.82) is 0 Å². The van der Waals surface area contributed by atoms with E-state index in [9.17, 15) is 0 Å². The summed E-state index contributed by atoms with van der Waals surface area (Å²) >= 11 is 0. The molecule has 90 valence electrons. The molecule has 0 fully saturated rings. The minimum absolute atomic E-state index is 0.236. The van der Waals surface area contributed by atoms with Crippen LogP contribution in [0, 0.1) is 0 Å². The highest BCUT2D eigenvalue weighted by atomic mass is 16.5. The first kappa shape index (κ1) is 12.0. The van der Waals surface area contributed by atoms with Crippen LogP contribution in [0.3, 0.4) is 0 Å². The Labute approximate surface area is 102 Å². The average molecular weight is 230 g/mol. The fourth-order valence-electron chi connectivity index (χ4n) is 1.89. The first-order chi connectivity index (χ1) is 8.35. The number of nitrogens with zero attached hydrogens (tertiary/aromatic N) is 1. The van der Waals surface area contributed by atoms with Crippen molar-refractivity contribution < 1.29 is 4.74 Å². The molecule has 1 aromatic heterocycles. The van der Waals surface area contributed by atoms with Crippen LogP contribution >= 0.6 is 0 Å². The second-order valence-electron chi connectivity index (χ2n) is 3.96. The number of fused-ring (bicyclic) bond motifs is 1. The molecular formula is C14H18N2O. The SMILES string of the molecule is CCOCC(NC)c1ccc2ncccc2c1. The molecule has 1 atom stereocenters. The van der Waals surface area contributed by atoms with E-state index in [1.54, 1.807) is 0 Å². The maximum atomic E-state index is 5.47. The van der Waals surface area contributed by atoms with E-state index in [4.69, 9.17) is 4.74 Å². The predicted molar refractivity (Wildman–Crippen MR) is 70.0 cm³/mol. The Balaban J connectivity index is 2.27. The van der Waals surface area contributed by atoms with E-state index in [1.165, 1.54) is 10.9 Å². The third kappa shape index (κ3) is 2.81. The van der Waals surface area contributed by atoms with Gasteiger partial charge in [-0.1, -0.05) is 12.1 Å². The van der Waals surface area contributed by atoms with Gasteiger partial charge in [-0.25, -0.2) is 0 Å². The smallest absolute Gasteiger partial charge is 0.0702 e. The molecule has 3 nitrogen and oxygen atoms in total. The lowest BCUT2D eigenvalue weighted by atomic mass is 10.0. The molecule has 2 aromatic rings. The van der Waals surface area contributed by atoms with Gasteiger partial charge in [0, 0.05) is 18.2 Å². The molecule has 0 aliphatic carbocycles. The number of likely N-dealkylation sites (N-methyl/N-ethyl adjacent to an activating group) is 1. The third-order valence-corrected chi connectivity index (χ3v) is 2.87. The van der Waals surface area contributed by atoms with Crippen molar-refractivity contribution in [2.45, 2.75) is 13.0 Å². The number of ether oxygens (including phenoxy) is 1. The molecule has 3 heteroatoms. The molecule has 2 rings (SSSR count). The molecule has 1 aromatic carbocycles. The van der Waals surface area contributed by atoms with Crippen LogP contribution in [0.5, 0.6) is 0 Å². The maximum Gasteiger partial charge on any atom is 0.0702 e. The Morgan fingerprint density at radius 3 is 3.00 bits per heavy atom. The zero-order chi connectivity index (χ0) is 12.1. The van der Waals surface area contributed by atoms with E-state index in [2.05, 4.69) is 34.6 Å². The molecule has 0 bridgehead atoms. The highest BCUT2D eigenvalue weighted by Crippen LogP contribution is 2.19. The zero-order valence-corrected chi connectivity index (χ0v) is 10.3. The Morgan fingerprint density at radius 2 is 2.24 bits per heavy atom. The highest BCUT2D eigenvalue weighted by molar-refractivity contribution is 5.79. The average Bonchev–Trinajstić information content (AvgIpc) is 2.39. The highest BCUT2D eigenvalue weighted by Gasteiger charge is 2.09. The molecule has 0 amide bonds. The van der Waals surface area contributed by atoms with E-state index in [-0.39, 0.29) is 6.04 Å². The van der Waals surface area contributed by atoms with Crippen LogP contribution in [0.2, 0.25) is 0 Å². The lowest BCUT2D eigenvalue weighted by molar-refractivity contribution is 0.125. The van der Waals surface area contributed by atoms with E-state index < -0.39 is 0 Å². The van der Waals surface area contributed by atoms with Gasteiger partial charge in [0.25, 0.3) is 0 Å². The van der Waals surface area contributed by atoms with Gasteiger partial charge in [-0.15, -0.1) is 0 Å². The number of pyridine rings is 1. The summed E-state index contributed by atoms with van der Waals surface area (Å²) in [5, 5.41) is 4.44. The van der Waals surface area contributed by atoms with Gasteiger partial charge >= 0.3 is 0 Å². The molecule has 1 unspecified atom stereocenters. The minimum atomic E-state index is 0.236. The van der Waals surface area contributed by atoms with E-state index >= 15 is 0 Å². The van der Waals surface area contributed by atoms with Crippen molar-refractivity contribution in [3.05, 3.63) is 42.1 Å². The van der Waals surface area contributed by atoms with Crippen LogP contribution in [-0.4, -0.2) is 25.2 Å². The van der Waals surface area contributed by atoms with Crippen molar-refractivity contribution in [2.75, 3.05) is 20.3 Å². The molecular weight excluding hydrogens is 212 g/mol. The summed E-state index contributed by atoms with van der Waals surface area (Å²) in [4.78, 5) is 4.32. The van der Waals surface area contributed by atoms with E-state index in [0.717, 1.165) is 12.1 Å². The molecule has 1 N–H and O–H groups in total. The standard InChI is InChI=1S/C14H18N2O/c1-3-17-10-14(15-2)12-6-7-13-11(9-12)5-4-8-16-13/h4-9,14-15H,3,10H2,1-2H3. The van der Waals surface area contributed by atoms with Crippen molar-refractivity contribution in [3.8, 4) is 0 Å². The molecule has 0 saturated heterocycles. The second-order valence-corrected chi connectivity index (χ2v) is 3.96. The van der Waals surface area contributed by atoms with E-state index in [0.29, 0.717) is 6.61 Å². The first-order valence-electron chi connectivity index (χ1n) is 5.95. The predicted octanol–water partition coefficient (Wildman–Crippen LogP) is 2.53. The second kappa shape index (κ2) is 5.75. The Hall–Kier alpha value is -1.45. The largest absolute Gasteiger partial charge is 0.380 e. The number of rotatable bonds is 5. The van der Waals surface area contributed by atoms with Gasteiger partial charge in [-0.2, -0.15) is 0 Å². The lowest BCUT2D eigenvalue weighted by Crippen LogP contribution is -2.21. The molecule has 0 spiro atoms. The van der Waals surface area contributed by atoms with Crippen LogP contribution in [0.4, 0.5) is 0 Å². The van der Waals surface area contributed by atoms with Gasteiger partial charge in [0.05, 0.1) is 18.2 Å². The van der Waals surface area contributed by atoms with Crippen molar-refractivity contribution in [3.63, 3.8) is 0 Å². The molecule has 1 heterocycles. The van der Waals surface area contributed by atoms with E-state index in [1.807, 2.05) is 26.2 Å². The Morgan fingerprint density at radius 1 is 1.35 bits per heavy atom. The number of hydrogen-bond donors (Lipinski definition) is 1. The van der Waals surface area contributed by atoms with Crippen molar-refractivity contribution in [1.82, 2.24) is 10.3 Å². The lowest BCUT2D eigenvalue weighted by Gasteiger charge is -2.16. The number of aromatic nitrogens is 1. The van der Waals surface area contributed by atoms with Crippen molar-refractivity contribution in [2.24, 2.45) is 0 Å². The fraction of sp³-hybridized carbons (Fsp3) is 0.357. The van der Waals surface area contributed by atoms with Gasteiger partial charge in [0.1, 0.15) is 0 Å².